The number of aliphatic imine (C=N–C) groups is 1. The van der Waals surface area contributed by atoms with Crippen LogP contribution in [0.4, 0.5) is 4.48 Å². The molecule has 3 rings (SSSR count). The summed E-state index contributed by atoms with van der Waals surface area (Å²) in [6.07, 6.45) is 10.6. The van der Waals surface area contributed by atoms with E-state index in [4.69, 9.17) is 5.26 Å². The third kappa shape index (κ3) is 4.48. The van der Waals surface area contributed by atoms with E-state index in [9.17, 15) is 4.48 Å². The number of hydrogen-bond acceptors (Lipinski definition) is 3. The molecule has 25 heavy (non-hydrogen) atoms. The lowest BCUT2D eigenvalue weighted by Crippen LogP contribution is -2.28. The van der Waals surface area contributed by atoms with Crippen LogP contribution in [-0.2, 0) is 0 Å². The maximum atomic E-state index is 14.4. The average molecular weight is 339 g/mol. The molecule has 1 aromatic rings. The van der Waals surface area contributed by atoms with Crippen molar-refractivity contribution in [1.29, 1.82) is 5.26 Å². The molecule has 0 spiro atoms. The molecule has 1 heterocycles. The summed E-state index contributed by atoms with van der Waals surface area (Å²) in [5.74, 6) is 2.04. The molecular weight excluding hydrogens is 313 g/mol. The van der Waals surface area contributed by atoms with Crippen LogP contribution in [0.3, 0.4) is 0 Å². The van der Waals surface area contributed by atoms with Gasteiger partial charge in [0.25, 0.3) is 0 Å². The van der Waals surface area contributed by atoms with Crippen LogP contribution in [0, 0.1) is 23.2 Å². The molecule has 1 aliphatic heterocycles. The summed E-state index contributed by atoms with van der Waals surface area (Å²) in [5, 5.41) is 9.57. The van der Waals surface area contributed by atoms with Crippen molar-refractivity contribution in [2.45, 2.75) is 51.9 Å². The van der Waals surface area contributed by atoms with Crippen LogP contribution in [0.15, 0.2) is 41.0 Å². The molecule has 0 radical (unpaired) electrons. The fraction of sp³-hybridized carbons (Fsp3) is 0.524. The maximum absolute atomic E-state index is 14.4. The molecule has 0 amide bonds. The Kier molecular flexibility index (Phi) is 5.86. The predicted octanol–water partition coefficient (Wildman–Crippen LogP) is 5.39. The van der Waals surface area contributed by atoms with Crippen molar-refractivity contribution in [2.75, 3.05) is 6.54 Å². The fourth-order valence-electron chi connectivity index (χ4n) is 3.88. The molecule has 132 valence electrons. The summed E-state index contributed by atoms with van der Waals surface area (Å²) in [4.78, 5) is 4.33. The Morgan fingerprint density at radius 1 is 1.16 bits per heavy atom. The van der Waals surface area contributed by atoms with E-state index < -0.39 is 0 Å². The molecule has 4 heteroatoms. The number of benzene rings is 1. The molecule has 1 saturated carbocycles. The van der Waals surface area contributed by atoms with Crippen LogP contribution in [0.1, 0.15) is 63.0 Å². The zero-order chi connectivity index (χ0) is 17.6. The van der Waals surface area contributed by atoms with Gasteiger partial charge >= 0.3 is 0 Å². The fourth-order valence-corrected chi connectivity index (χ4v) is 3.88. The third-order valence-corrected chi connectivity index (χ3v) is 5.63. The summed E-state index contributed by atoms with van der Waals surface area (Å²) < 4.78 is 14.4. The van der Waals surface area contributed by atoms with Gasteiger partial charge in [0.05, 0.1) is 18.2 Å². The van der Waals surface area contributed by atoms with Crippen LogP contribution < -0.4 is 0 Å². The first-order valence-electron chi connectivity index (χ1n) is 9.39. The second-order valence-electron chi connectivity index (χ2n) is 7.28. The highest BCUT2D eigenvalue weighted by molar-refractivity contribution is 5.99. The smallest absolute Gasteiger partial charge is 0.164 e. The number of rotatable bonds is 5. The van der Waals surface area contributed by atoms with E-state index in [0.717, 1.165) is 35.4 Å². The predicted molar refractivity (Wildman–Crippen MR) is 98.6 cm³/mol. The van der Waals surface area contributed by atoms with E-state index in [-0.39, 0.29) is 0 Å². The van der Waals surface area contributed by atoms with Gasteiger partial charge in [-0.05, 0) is 54.5 Å². The molecule has 1 fully saturated rings. The van der Waals surface area contributed by atoms with Gasteiger partial charge in [-0.15, -0.1) is 0 Å². The SMILES string of the molecule is CCC1CCC(CCC2=CN=C(c3ccc(C#N)cc3)N(F)C2)CC1. The Morgan fingerprint density at radius 2 is 1.84 bits per heavy atom. The van der Waals surface area contributed by atoms with Crippen molar-refractivity contribution >= 4 is 5.84 Å². The molecule has 1 aromatic carbocycles. The van der Waals surface area contributed by atoms with Crippen molar-refractivity contribution < 1.29 is 4.48 Å². The largest absolute Gasteiger partial charge is 0.236 e. The minimum absolute atomic E-state index is 0.295. The van der Waals surface area contributed by atoms with Crippen molar-refractivity contribution in [3.63, 3.8) is 0 Å². The normalized spacial score (nSPS) is 23.6. The molecule has 0 saturated heterocycles. The molecule has 0 aromatic heterocycles. The van der Waals surface area contributed by atoms with Gasteiger partial charge in [0.1, 0.15) is 0 Å². The number of nitriles is 1. The molecule has 0 N–H and O–H groups in total. The van der Waals surface area contributed by atoms with Gasteiger partial charge in [0, 0.05) is 11.8 Å². The molecule has 0 bridgehead atoms. The van der Waals surface area contributed by atoms with E-state index in [1.54, 1.807) is 24.3 Å². The van der Waals surface area contributed by atoms with Crippen molar-refractivity contribution in [3.8, 4) is 6.07 Å². The Bertz CT molecular complexity index is 676. The van der Waals surface area contributed by atoms with Gasteiger partial charge in [-0.1, -0.05) is 43.5 Å². The lowest BCUT2D eigenvalue weighted by atomic mass is 9.78. The summed E-state index contributed by atoms with van der Waals surface area (Å²) in [6.45, 7) is 2.58. The molecule has 2 aliphatic rings. The minimum atomic E-state index is 0.295. The number of halogens is 1. The number of amidine groups is 1. The van der Waals surface area contributed by atoms with Crippen LogP contribution in [0.25, 0.3) is 0 Å². The van der Waals surface area contributed by atoms with Crippen molar-refractivity contribution in [1.82, 2.24) is 5.12 Å². The number of nitrogens with zero attached hydrogens (tertiary/aromatic N) is 3. The molecule has 1 aliphatic carbocycles. The highest BCUT2D eigenvalue weighted by Gasteiger charge is 2.22. The van der Waals surface area contributed by atoms with Gasteiger partial charge in [0.15, 0.2) is 5.84 Å². The Labute approximate surface area is 149 Å². The second-order valence-corrected chi connectivity index (χ2v) is 7.28. The zero-order valence-electron chi connectivity index (χ0n) is 14.9. The Hall–Kier alpha value is -2.15. The summed E-state index contributed by atoms with van der Waals surface area (Å²) in [7, 11) is 0. The summed E-state index contributed by atoms with van der Waals surface area (Å²) >= 11 is 0. The zero-order valence-corrected chi connectivity index (χ0v) is 14.9. The average Bonchev–Trinajstić information content (AvgIpc) is 2.67. The van der Waals surface area contributed by atoms with E-state index in [1.807, 2.05) is 6.20 Å². The topological polar surface area (TPSA) is 39.4 Å². The highest BCUT2D eigenvalue weighted by atomic mass is 19.2. The van der Waals surface area contributed by atoms with E-state index in [2.05, 4.69) is 18.0 Å². The van der Waals surface area contributed by atoms with Gasteiger partial charge < -0.3 is 0 Å². The van der Waals surface area contributed by atoms with Gasteiger partial charge in [-0.3, -0.25) is 0 Å². The van der Waals surface area contributed by atoms with Gasteiger partial charge in [-0.25, -0.2) is 4.99 Å². The van der Waals surface area contributed by atoms with Gasteiger partial charge in [-0.2, -0.15) is 10.4 Å². The van der Waals surface area contributed by atoms with Crippen LogP contribution >= 0.6 is 0 Å². The summed E-state index contributed by atoms with van der Waals surface area (Å²) in [6, 6.07) is 8.94. The van der Waals surface area contributed by atoms with E-state index >= 15 is 0 Å². The van der Waals surface area contributed by atoms with Crippen LogP contribution in [0.5, 0.6) is 0 Å². The van der Waals surface area contributed by atoms with E-state index in [1.165, 1.54) is 32.1 Å². The molecular formula is C21H26FN3. The summed E-state index contributed by atoms with van der Waals surface area (Å²) in [5.41, 5.74) is 2.34. The van der Waals surface area contributed by atoms with Crippen molar-refractivity contribution in [3.05, 3.63) is 47.2 Å². The quantitative estimate of drug-likeness (QED) is 0.675. The minimum Gasteiger partial charge on any atom is -0.236 e. The van der Waals surface area contributed by atoms with E-state index in [0.29, 0.717) is 23.5 Å². The second kappa shape index (κ2) is 8.29. The first kappa shape index (κ1) is 17.7. The lowest BCUT2D eigenvalue weighted by molar-refractivity contribution is 0.131. The first-order chi connectivity index (χ1) is 12.2. The van der Waals surface area contributed by atoms with Crippen LogP contribution in [0.2, 0.25) is 0 Å². The third-order valence-electron chi connectivity index (χ3n) is 5.63. The monoisotopic (exact) mass is 339 g/mol. The Morgan fingerprint density at radius 3 is 2.44 bits per heavy atom. The first-order valence-corrected chi connectivity index (χ1v) is 9.39. The van der Waals surface area contributed by atoms with Crippen molar-refractivity contribution in [2.24, 2.45) is 16.8 Å². The molecule has 0 unspecified atom stereocenters. The Balaban J connectivity index is 1.57. The highest BCUT2D eigenvalue weighted by Crippen LogP contribution is 2.34. The standard InChI is InChI=1S/C21H26FN3/c1-2-16-3-5-17(6-4-16)7-8-19-14-24-21(25(22)15-19)20-11-9-18(13-23)10-12-20/h9-12,14,16-17H,2-8,15H2,1H3. The maximum Gasteiger partial charge on any atom is 0.164 e. The number of hydrogen-bond donors (Lipinski definition) is 0. The molecule has 3 nitrogen and oxygen atoms in total. The molecule has 0 atom stereocenters. The van der Waals surface area contributed by atoms with Gasteiger partial charge in [0.2, 0.25) is 0 Å². The van der Waals surface area contributed by atoms with Crippen LogP contribution in [-0.4, -0.2) is 17.5 Å². The lowest BCUT2D eigenvalue weighted by Gasteiger charge is -2.28.